The van der Waals surface area contributed by atoms with Crippen LogP contribution in [-0.2, 0) is 5.41 Å². The Hall–Kier alpha value is -1.06. The monoisotopic (exact) mass is 265 g/mol. The fourth-order valence-corrected chi connectivity index (χ4v) is 1.92. The van der Waals surface area contributed by atoms with E-state index in [4.69, 9.17) is 9.84 Å². The van der Waals surface area contributed by atoms with Crippen LogP contribution in [0.25, 0.3) is 0 Å². The van der Waals surface area contributed by atoms with E-state index in [0.717, 1.165) is 17.7 Å². The van der Waals surface area contributed by atoms with Crippen molar-refractivity contribution in [3.05, 3.63) is 29.3 Å². The van der Waals surface area contributed by atoms with Crippen LogP contribution >= 0.6 is 0 Å². The first-order chi connectivity index (χ1) is 8.88. The van der Waals surface area contributed by atoms with E-state index in [2.05, 4.69) is 45.1 Å². The number of nitrogens with one attached hydrogen (secondary N) is 1. The number of aryl methyl sites for hydroxylation is 1. The fraction of sp³-hybridized carbons (Fsp3) is 0.625. The van der Waals surface area contributed by atoms with E-state index in [1.807, 2.05) is 13.1 Å². The van der Waals surface area contributed by atoms with Crippen molar-refractivity contribution in [2.45, 2.75) is 45.6 Å². The zero-order valence-corrected chi connectivity index (χ0v) is 12.8. The largest absolute Gasteiger partial charge is 0.493 e. The molecule has 1 atom stereocenters. The van der Waals surface area contributed by atoms with Crippen molar-refractivity contribution in [1.82, 2.24) is 5.32 Å². The van der Waals surface area contributed by atoms with Crippen LogP contribution in [0.15, 0.2) is 18.2 Å². The van der Waals surface area contributed by atoms with Crippen molar-refractivity contribution >= 4 is 0 Å². The summed E-state index contributed by atoms with van der Waals surface area (Å²) < 4.78 is 5.79. The molecular formula is C16H27NO2. The Bertz CT molecular complexity index is 392. The van der Waals surface area contributed by atoms with Gasteiger partial charge in [0.1, 0.15) is 5.75 Å². The fourth-order valence-electron chi connectivity index (χ4n) is 1.92. The average molecular weight is 265 g/mol. The molecule has 1 rings (SSSR count). The minimum absolute atomic E-state index is 0.106. The molecule has 2 N–H and O–H groups in total. The van der Waals surface area contributed by atoms with Gasteiger partial charge in [-0.3, -0.25) is 0 Å². The molecule has 0 bridgehead atoms. The van der Waals surface area contributed by atoms with Crippen LogP contribution in [0.5, 0.6) is 5.75 Å². The van der Waals surface area contributed by atoms with Gasteiger partial charge in [-0.25, -0.2) is 0 Å². The van der Waals surface area contributed by atoms with E-state index in [1.165, 1.54) is 5.56 Å². The first-order valence-electron chi connectivity index (χ1n) is 6.90. The second kappa shape index (κ2) is 6.92. The van der Waals surface area contributed by atoms with Gasteiger partial charge < -0.3 is 15.2 Å². The maximum absolute atomic E-state index is 9.09. The number of aliphatic hydroxyl groups excluding tert-OH is 1. The average Bonchev–Trinajstić information content (AvgIpc) is 2.35. The summed E-state index contributed by atoms with van der Waals surface area (Å²) >= 11 is 0. The summed E-state index contributed by atoms with van der Waals surface area (Å²) in [4.78, 5) is 0. The second-order valence-electron chi connectivity index (χ2n) is 6.04. The van der Waals surface area contributed by atoms with Crippen molar-refractivity contribution in [3.8, 4) is 5.75 Å². The lowest BCUT2D eigenvalue weighted by Gasteiger charge is -2.21. The number of hydrogen-bond acceptors (Lipinski definition) is 3. The van der Waals surface area contributed by atoms with Gasteiger partial charge in [0.05, 0.1) is 13.2 Å². The highest BCUT2D eigenvalue weighted by molar-refractivity contribution is 5.38. The van der Waals surface area contributed by atoms with Gasteiger partial charge in [0.25, 0.3) is 0 Å². The molecule has 0 heterocycles. The minimum Gasteiger partial charge on any atom is -0.493 e. The summed E-state index contributed by atoms with van der Waals surface area (Å²) in [5, 5.41) is 12.1. The number of ether oxygens (including phenoxy) is 1. The molecule has 3 heteroatoms. The molecule has 0 fully saturated rings. The SMILES string of the molecule is CNC(CO)CCOc1ccc(C(C)(C)C)cc1C. The Morgan fingerprint density at radius 2 is 2.00 bits per heavy atom. The third-order valence-electron chi connectivity index (χ3n) is 3.39. The van der Waals surface area contributed by atoms with Crippen molar-refractivity contribution in [2.75, 3.05) is 20.3 Å². The van der Waals surface area contributed by atoms with E-state index < -0.39 is 0 Å². The zero-order chi connectivity index (χ0) is 14.5. The second-order valence-corrected chi connectivity index (χ2v) is 6.04. The summed E-state index contributed by atoms with van der Waals surface area (Å²) in [5.41, 5.74) is 2.65. The van der Waals surface area contributed by atoms with E-state index in [1.54, 1.807) is 0 Å². The maximum Gasteiger partial charge on any atom is 0.122 e. The van der Waals surface area contributed by atoms with E-state index >= 15 is 0 Å². The van der Waals surface area contributed by atoms with Crippen LogP contribution in [-0.4, -0.2) is 31.4 Å². The normalized spacial score (nSPS) is 13.4. The van der Waals surface area contributed by atoms with Crippen LogP contribution < -0.4 is 10.1 Å². The Morgan fingerprint density at radius 1 is 1.32 bits per heavy atom. The predicted octanol–water partition coefficient (Wildman–Crippen LogP) is 2.64. The van der Waals surface area contributed by atoms with Crippen molar-refractivity contribution in [2.24, 2.45) is 0 Å². The molecule has 1 aromatic carbocycles. The first-order valence-corrected chi connectivity index (χ1v) is 6.90. The number of rotatable bonds is 6. The third-order valence-corrected chi connectivity index (χ3v) is 3.39. The molecule has 1 aromatic rings. The summed E-state index contributed by atoms with van der Waals surface area (Å²) in [6, 6.07) is 6.47. The maximum atomic E-state index is 9.09. The van der Waals surface area contributed by atoms with E-state index in [0.29, 0.717) is 6.61 Å². The molecule has 108 valence electrons. The van der Waals surface area contributed by atoms with Gasteiger partial charge in [-0.2, -0.15) is 0 Å². The van der Waals surface area contributed by atoms with E-state index in [-0.39, 0.29) is 18.1 Å². The first kappa shape index (κ1) is 16.0. The van der Waals surface area contributed by atoms with Gasteiger partial charge in [0.15, 0.2) is 0 Å². The molecule has 3 nitrogen and oxygen atoms in total. The lowest BCUT2D eigenvalue weighted by Crippen LogP contribution is -2.30. The highest BCUT2D eigenvalue weighted by Crippen LogP contribution is 2.27. The van der Waals surface area contributed by atoms with Gasteiger partial charge in [-0.15, -0.1) is 0 Å². The molecule has 0 aliphatic heterocycles. The van der Waals surface area contributed by atoms with Crippen LogP contribution in [0, 0.1) is 6.92 Å². The Balaban J connectivity index is 2.61. The van der Waals surface area contributed by atoms with Crippen LogP contribution in [0.4, 0.5) is 0 Å². The molecule has 0 aliphatic rings. The molecule has 0 aromatic heterocycles. The molecule has 0 amide bonds. The smallest absolute Gasteiger partial charge is 0.122 e. The molecule has 0 aliphatic carbocycles. The zero-order valence-electron chi connectivity index (χ0n) is 12.8. The molecule has 0 spiro atoms. The number of benzene rings is 1. The van der Waals surface area contributed by atoms with E-state index in [9.17, 15) is 0 Å². The Labute approximate surface area is 117 Å². The lowest BCUT2D eigenvalue weighted by molar-refractivity contribution is 0.214. The molecular weight excluding hydrogens is 238 g/mol. The van der Waals surface area contributed by atoms with Gasteiger partial charge in [0, 0.05) is 6.04 Å². The van der Waals surface area contributed by atoms with Crippen molar-refractivity contribution in [3.63, 3.8) is 0 Å². The minimum atomic E-state index is 0.106. The molecule has 1 unspecified atom stereocenters. The predicted molar refractivity (Wildman–Crippen MR) is 79.9 cm³/mol. The van der Waals surface area contributed by atoms with Crippen molar-refractivity contribution in [1.29, 1.82) is 0 Å². The Kier molecular flexibility index (Phi) is 5.83. The van der Waals surface area contributed by atoms with Crippen LogP contribution in [0.2, 0.25) is 0 Å². The van der Waals surface area contributed by atoms with Gasteiger partial charge in [-0.05, 0) is 43.0 Å². The number of likely N-dealkylation sites (N-methyl/N-ethyl adjacent to an activating group) is 1. The lowest BCUT2D eigenvalue weighted by atomic mass is 9.86. The third kappa shape index (κ3) is 4.84. The highest BCUT2D eigenvalue weighted by Gasteiger charge is 2.14. The molecule has 0 saturated heterocycles. The van der Waals surface area contributed by atoms with Crippen LogP contribution in [0.1, 0.15) is 38.3 Å². The number of aliphatic hydroxyl groups is 1. The quantitative estimate of drug-likeness (QED) is 0.831. The molecule has 0 radical (unpaired) electrons. The van der Waals surface area contributed by atoms with Gasteiger partial charge >= 0.3 is 0 Å². The summed E-state index contributed by atoms with van der Waals surface area (Å²) in [6.45, 7) is 9.46. The number of hydrogen-bond donors (Lipinski definition) is 2. The van der Waals surface area contributed by atoms with Crippen LogP contribution in [0.3, 0.4) is 0 Å². The summed E-state index contributed by atoms with van der Waals surface area (Å²) in [7, 11) is 1.85. The summed E-state index contributed by atoms with van der Waals surface area (Å²) in [5.74, 6) is 0.931. The van der Waals surface area contributed by atoms with Gasteiger partial charge in [0.2, 0.25) is 0 Å². The highest BCUT2D eigenvalue weighted by atomic mass is 16.5. The topological polar surface area (TPSA) is 41.5 Å². The standard InChI is InChI=1S/C16H27NO2/c1-12-10-13(16(2,3)4)6-7-15(12)19-9-8-14(11-18)17-5/h6-7,10,14,17-18H,8-9,11H2,1-5H3. The van der Waals surface area contributed by atoms with Crippen molar-refractivity contribution < 1.29 is 9.84 Å². The van der Waals surface area contributed by atoms with Gasteiger partial charge in [-0.1, -0.05) is 32.9 Å². The molecule has 19 heavy (non-hydrogen) atoms. The Morgan fingerprint density at radius 3 is 2.47 bits per heavy atom. The molecule has 0 saturated carbocycles. The summed E-state index contributed by atoms with van der Waals surface area (Å²) in [6.07, 6.45) is 0.799.